The van der Waals surface area contributed by atoms with Crippen LogP contribution in [0.25, 0.3) is 0 Å². The van der Waals surface area contributed by atoms with Crippen molar-refractivity contribution in [3.8, 4) is 5.75 Å². The van der Waals surface area contributed by atoms with Gasteiger partial charge in [-0.2, -0.15) is 0 Å². The zero-order valence-electron chi connectivity index (χ0n) is 8.92. The maximum Gasteiger partial charge on any atom is 0.323 e. The highest BCUT2D eigenvalue weighted by Gasteiger charge is 2.27. The topological polar surface area (TPSA) is 87.1 Å². The number of benzene rings is 1. The molecule has 1 aromatic carbocycles. The fraction of sp³-hybridized carbons (Fsp3) is 0.273. The molecule has 1 amide bonds. The fourth-order valence-electron chi connectivity index (χ4n) is 1.66. The standard InChI is InChI=1S/C11H11NO5/c13-5-7-1-2-8-9(3-7)17-6-10(14)12(8)4-11(15)16/h1-3,13H,4-6H2,(H,15,16). The summed E-state index contributed by atoms with van der Waals surface area (Å²) in [6.07, 6.45) is 0. The molecule has 0 spiro atoms. The monoisotopic (exact) mass is 237 g/mol. The van der Waals surface area contributed by atoms with Crippen LogP contribution >= 0.6 is 0 Å². The highest BCUT2D eigenvalue weighted by molar-refractivity contribution is 6.01. The number of rotatable bonds is 3. The van der Waals surface area contributed by atoms with Crippen LogP contribution in [-0.4, -0.2) is 35.2 Å². The van der Waals surface area contributed by atoms with Crippen LogP contribution in [0.5, 0.6) is 5.75 Å². The van der Waals surface area contributed by atoms with Crippen molar-refractivity contribution < 1.29 is 24.5 Å². The Hall–Kier alpha value is -2.08. The van der Waals surface area contributed by atoms with E-state index in [1.54, 1.807) is 18.2 Å². The van der Waals surface area contributed by atoms with E-state index < -0.39 is 18.4 Å². The molecule has 1 aromatic rings. The number of anilines is 1. The van der Waals surface area contributed by atoms with Crippen LogP contribution in [0.4, 0.5) is 5.69 Å². The van der Waals surface area contributed by atoms with E-state index in [1.807, 2.05) is 0 Å². The molecule has 1 aliphatic heterocycles. The van der Waals surface area contributed by atoms with E-state index in [0.717, 1.165) is 4.90 Å². The highest BCUT2D eigenvalue weighted by atomic mass is 16.5. The third-order valence-electron chi connectivity index (χ3n) is 2.44. The maximum atomic E-state index is 11.5. The molecular formula is C11H11NO5. The molecule has 6 nitrogen and oxygen atoms in total. The summed E-state index contributed by atoms with van der Waals surface area (Å²) in [4.78, 5) is 23.4. The Morgan fingerprint density at radius 3 is 2.88 bits per heavy atom. The Kier molecular flexibility index (Phi) is 2.97. The van der Waals surface area contributed by atoms with Gasteiger partial charge >= 0.3 is 5.97 Å². The third kappa shape index (κ3) is 2.21. The molecule has 1 heterocycles. The first kappa shape index (κ1) is 11.4. The van der Waals surface area contributed by atoms with Gasteiger partial charge in [-0.25, -0.2) is 0 Å². The van der Waals surface area contributed by atoms with E-state index in [-0.39, 0.29) is 13.2 Å². The number of hydrogen-bond donors (Lipinski definition) is 2. The van der Waals surface area contributed by atoms with E-state index in [9.17, 15) is 9.59 Å². The van der Waals surface area contributed by atoms with Crippen LogP contribution in [0.15, 0.2) is 18.2 Å². The predicted molar refractivity (Wildman–Crippen MR) is 57.8 cm³/mol. The molecule has 2 rings (SSSR count). The first-order chi connectivity index (χ1) is 8.11. The second-order valence-corrected chi connectivity index (χ2v) is 3.62. The molecule has 0 saturated carbocycles. The summed E-state index contributed by atoms with van der Waals surface area (Å²) in [7, 11) is 0. The van der Waals surface area contributed by atoms with Crippen molar-refractivity contribution in [3.05, 3.63) is 23.8 Å². The summed E-state index contributed by atoms with van der Waals surface area (Å²) in [5, 5.41) is 17.7. The molecular weight excluding hydrogens is 226 g/mol. The number of carboxylic acid groups (broad SMARTS) is 1. The number of carboxylic acids is 1. The lowest BCUT2D eigenvalue weighted by Gasteiger charge is -2.28. The number of fused-ring (bicyclic) bond motifs is 1. The number of nitrogens with zero attached hydrogens (tertiary/aromatic N) is 1. The Morgan fingerprint density at radius 2 is 2.24 bits per heavy atom. The van der Waals surface area contributed by atoms with E-state index >= 15 is 0 Å². The minimum atomic E-state index is -1.09. The summed E-state index contributed by atoms with van der Waals surface area (Å²) >= 11 is 0. The summed E-state index contributed by atoms with van der Waals surface area (Å²) < 4.78 is 5.19. The number of aliphatic carboxylic acids is 1. The van der Waals surface area contributed by atoms with Crippen LogP contribution in [-0.2, 0) is 16.2 Å². The van der Waals surface area contributed by atoms with Gasteiger partial charge in [0.05, 0.1) is 12.3 Å². The molecule has 1 aliphatic rings. The summed E-state index contributed by atoms with van der Waals surface area (Å²) in [5.41, 5.74) is 1.06. The molecule has 6 heteroatoms. The smallest absolute Gasteiger partial charge is 0.323 e. The molecule has 0 radical (unpaired) electrons. The molecule has 17 heavy (non-hydrogen) atoms. The van der Waals surface area contributed by atoms with Crippen LogP contribution in [0.3, 0.4) is 0 Å². The molecule has 0 fully saturated rings. The maximum absolute atomic E-state index is 11.5. The van der Waals surface area contributed by atoms with Crippen molar-refractivity contribution in [3.63, 3.8) is 0 Å². The van der Waals surface area contributed by atoms with Gasteiger partial charge in [-0.15, -0.1) is 0 Å². The SMILES string of the molecule is O=C(O)CN1C(=O)COc2cc(CO)ccc21. The minimum absolute atomic E-state index is 0.135. The molecule has 0 atom stereocenters. The van der Waals surface area contributed by atoms with Gasteiger partial charge in [0.2, 0.25) is 0 Å². The molecule has 0 aliphatic carbocycles. The zero-order chi connectivity index (χ0) is 12.4. The van der Waals surface area contributed by atoms with Crippen molar-refractivity contribution in [2.75, 3.05) is 18.1 Å². The van der Waals surface area contributed by atoms with Gasteiger partial charge in [-0.1, -0.05) is 6.07 Å². The number of ether oxygens (including phenoxy) is 1. The van der Waals surface area contributed by atoms with Gasteiger partial charge in [0.15, 0.2) is 6.61 Å². The van der Waals surface area contributed by atoms with Gasteiger partial charge in [-0.3, -0.25) is 14.5 Å². The molecule has 90 valence electrons. The number of aliphatic hydroxyl groups excluding tert-OH is 1. The van der Waals surface area contributed by atoms with Crippen LogP contribution in [0.1, 0.15) is 5.56 Å². The molecule has 2 N–H and O–H groups in total. The predicted octanol–water partition coefficient (Wildman–Crippen LogP) is -0.0111. The van der Waals surface area contributed by atoms with Crippen molar-refractivity contribution >= 4 is 17.6 Å². The second kappa shape index (κ2) is 4.42. The second-order valence-electron chi connectivity index (χ2n) is 3.62. The number of carbonyl (C=O) groups excluding carboxylic acids is 1. The average Bonchev–Trinajstić information content (AvgIpc) is 2.32. The Balaban J connectivity index is 2.37. The number of carbonyl (C=O) groups is 2. The van der Waals surface area contributed by atoms with Crippen LogP contribution in [0, 0.1) is 0 Å². The lowest BCUT2D eigenvalue weighted by molar-refractivity contribution is -0.137. The van der Waals surface area contributed by atoms with Crippen LogP contribution in [0.2, 0.25) is 0 Å². The van der Waals surface area contributed by atoms with Gasteiger partial charge in [0, 0.05) is 0 Å². The molecule has 0 aromatic heterocycles. The van der Waals surface area contributed by atoms with Crippen molar-refractivity contribution in [2.24, 2.45) is 0 Å². The first-order valence-electron chi connectivity index (χ1n) is 5.00. The fourth-order valence-corrected chi connectivity index (χ4v) is 1.66. The lowest BCUT2D eigenvalue weighted by Crippen LogP contribution is -2.41. The van der Waals surface area contributed by atoms with E-state index in [1.165, 1.54) is 0 Å². The summed E-state index contributed by atoms with van der Waals surface area (Å²) in [6.45, 7) is -0.716. The molecule has 0 unspecified atom stereocenters. The van der Waals surface area contributed by atoms with Crippen molar-refractivity contribution in [1.82, 2.24) is 0 Å². The van der Waals surface area contributed by atoms with Gasteiger partial charge in [-0.05, 0) is 17.7 Å². The van der Waals surface area contributed by atoms with Gasteiger partial charge < -0.3 is 14.9 Å². The molecule has 0 saturated heterocycles. The van der Waals surface area contributed by atoms with Crippen molar-refractivity contribution in [2.45, 2.75) is 6.61 Å². The van der Waals surface area contributed by atoms with E-state index in [4.69, 9.17) is 14.9 Å². The Morgan fingerprint density at radius 1 is 1.47 bits per heavy atom. The third-order valence-corrected chi connectivity index (χ3v) is 2.44. The summed E-state index contributed by atoms with van der Waals surface area (Å²) in [5.74, 6) is -1.06. The first-order valence-corrected chi connectivity index (χ1v) is 5.00. The van der Waals surface area contributed by atoms with Crippen molar-refractivity contribution in [1.29, 1.82) is 0 Å². The minimum Gasteiger partial charge on any atom is -0.482 e. The largest absolute Gasteiger partial charge is 0.482 e. The number of amides is 1. The highest BCUT2D eigenvalue weighted by Crippen LogP contribution is 2.32. The summed E-state index contributed by atoms with van der Waals surface area (Å²) in [6, 6.07) is 4.78. The quantitative estimate of drug-likeness (QED) is 0.772. The zero-order valence-corrected chi connectivity index (χ0v) is 8.92. The Bertz CT molecular complexity index is 471. The van der Waals surface area contributed by atoms with E-state index in [2.05, 4.69) is 0 Å². The lowest BCUT2D eigenvalue weighted by atomic mass is 10.1. The molecule has 0 bridgehead atoms. The van der Waals surface area contributed by atoms with Gasteiger partial charge in [0.1, 0.15) is 12.3 Å². The van der Waals surface area contributed by atoms with Crippen LogP contribution < -0.4 is 9.64 Å². The average molecular weight is 237 g/mol. The Labute approximate surface area is 97.0 Å². The normalized spacial score (nSPS) is 14.2. The number of aliphatic hydroxyl groups is 1. The van der Waals surface area contributed by atoms with Gasteiger partial charge in [0.25, 0.3) is 5.91 Å². The van der Waals surface area contributed by atoms with E-state index in [0.29, 0.717) is 17.0 Å². The number of hydrogen-bond acceptors (Lipinski definition) is 4.